The second kappa shape index (κ2) is 9.03. The number of nitroso groups, excluding NO2 is 1. The third kappa shape index (κ3) is 4.48. The summed E-state index contributed by atoms with van der Waals surface area (Å²) in [5.41, 5.74) is 1.56. The normalized spacial score (nSPS) is 11.1. The Morgan fingerprint density at radius 1 is 1.14 bits per heavy atom. The molecule has 1 N–H and O–H groups in total. The molecule has 0 saturated carbocycles. The maximum atomic E-state index is 12.5. The fourth-order valence-corrected chi connectivity index (χ4v) is 3.87. The topological polar surface area (TPSA) is 115 Å². The van der Waals surface area contributed by atoms with E-state index >= 15 is 0 Å². The Bertz CT molecular complexity index is 1060. The molecule has 0 atom stereocenters. The fraction of sp³-hybridized carbons (Fsp3) is 0.111. The molecule has 3 aromatic rings. The van der Waals surface area contributed by atoms with Crippen molar-refractivity contribution in [1.29, 1.82) is 0 Å². The minimum atomic E-state index is -0.605. The van der Waals surface area contributed by atoms with Crippen molar-refractivity contribution in [2.24, 2.45) is 10.4 Å². The number of ether oxygens (including phenoxy) is 1. The van der Waals surface area contributed by atoms with Gasteiger partial charge in [0.05, 0.1) is 0 Å². The summed E-state index contributed by atoms with van der Waals surface area (Å²) in [4.78, 5) is 34.9. The van der Waals surface area contributed by atoms with E-state index in [4.69, 9.17) is 4.74 Å². The van der Waals surface area contributed by atoms with Gasteiger partial charge in [0.15, 0.2) is 0 Å². The molecule has 10 heteroatoms. The van der Waals surface area contributed by atoms with Crippen LogP contribution in [0.15, 0.2) is 65.0 Å². The summed E-state index contributed by atoms with van der Waals surface area (Å²) in [5, 5.41) is 13.2. The molecule has 142 valence electrons. The van der Waals surface area contributed by atoms with E-state index in [-0.39, 0.29) is 21.4 Å². The molecule has 1 aromatic heterocycles. The van der Waals surface area contributed by atoms with Crippen LogP contribution in [0.1, 0.15) is 26.6 Å². The van der Waals surface area contributed by atoms with Gasteiger partial charge in [0.25, 0.3) is 0 Å². The predicted molar refractivity (Wildman–Crippen MR) is 102 cm³/mol. The number of anilines is 1. The summed E-state index contributed by atoms with van der Waals surface area (Å²) in [5.74, 6) is -0.815. The van der Waals surface area contributed by atoms with Crippen molar-refractivity contribution in [2.75, 3.05) is 11.9 Å². The van der Waals surface area contributed by atoms with Crippen molar-refractivity contribution < 1.29 is 14.3 Å². The van der Waals surface area contributed by atoms with Gasteiger partial charge in [0.1, 0.15) is 0 Å². The maximum absolute atomic E-state index is 12.5. The fourth-order valence-electron chi connectivity index (χ4n) is 2.30. The number of nitrogens with one attached hydrogen (secondary N) is 1. The van der Waals surface area contributed by atoms with Crippen LogP contribution in [-0.4, -0.2) is 42.8 Å². The average Bonchev–Trinajstić information content (AvgIpc) is 3.13. The van der Waals surface area contributed by atoms with E-state index in [1.54, 1.807) is 55.5 Å². The van der Waals surface area contributed by atoms with Crippen molar-refractivity contribution in [3.8, 4) is 5.69 Å². The van der Waals surface area contributed by atoms with Crippen LogP contribution in [0.5, 0.6) is 0 Å². The number of carbonyl (C=O) groups excluding carboxylic acids is 2. The number of benzene rings is 2. The van der Waals surface area contributed by atoms with Crippen LogP contribution in [0.2, 0.25) is 0 Å². The molecule has 0 aliphatic heterocycles. The summed E-state index contributed by atoms with van der Waals surface area (Å²) < 4.78 is 6.83. The zero-order chi connectivity index (χ0) is 19.9. The van der Waals surface area contributed by atoms with E-state index in [1.165, 1.54) is 4.68 Å². The molecular formula is C18H15N5O4Se. The van der Waals surface area contributed by atoms with E-state index in [0.29, 0.717) is 16.9 Å². The van der Waals surface area contributed by atoms with E-state index in [1.807, 2.05) is 6.07 Å². The van der Waals surface area contributed by atoms with Gasteiger partial charge in [-0.05, 0) is 0 Å². The summed E-state index contributed by atoms with van der Waals surface area (Å²) in [7, 11) is 0. The minimum absolute atomic E-state index is 0.244. The number of para-hydroxylation sites is 1. The van der Waals surface area contributed by atoms with Crippen LogP contribution in [0.4, 0.5) is 5.69 Å². The van der Waals surface area contributed by atoms with E-state index in [2.05, 4.69) is 20.8 Å². The number of hydrogen-bond acceptors (Lipinski definition) is 6. The molecule has 0 spiro atoms. The van der Waals surface area contributed by atoms with Crippen LogP contribution in [0.25, 0.3) is 5.69 Å². The third-order valence-electron chi connectivity index (χ3n) is 3.54. The van der Waals surface area contributed by atoms with Gasteiger partial charge in [-0.3, -0.25) is 0 Å². The summed E-state index contributed by atoms with van der Waals surface area (Å²) >= 11 is -0.605. The van der Waals surface area contributed by atoms with E-state index < -0.39 is 20.5 Å². The first kappa shape index (κ1) is 19.4. The number of esters is 1. The van der Waals surface area contributed by atoms with Crippen LogP contribution < -0.4 is 9.68 Å². The average molecular weight is 444 g/mol. The third-order valence-corrected chi connectivity index (χ3v) is 5.42. The molecule has 0 radical (unpaired) electrons. The van der Waals surface area contributed by atoms with Crippen LogP contribution in [0.3, 0.4) is 0 Å². The molecule has 0 saturated heterocycles. The zero-order valence-corrected chi connectivity index (χ0v) is 16.4. The van der Waals surface area contributed by atoms with E-state index in [0.717, 1.165) is 0 Å². The number of amides is 1. The van der Waals surface area contributed by atoms with Gasteiger partial charge in [-0.2, -0.15) is 0 Å². The molecule has 0 aliphatic rings. The second-order valence-electron chi connectivity index (χ2n) is 5.37. The van der Waals surface area contributed by atoms with Crippen molar-refractivity contribution in [1.82, 2.24) is 9.78 Å². The van der Waals surface area contributed by atoms with Gasteiger partial charge < -0.3 is 0 Å². The first-order chi connectivity index (χ1) is 13.6. The van der Waals surface area contributed by atoms with Gasteiger partial charge >= 0.3 is 165 Å². The van der Waals surface area contributed by atoms with Crippen LogP contribution >= 0.6 is 0 Å². The standard InChI is InChI=1S/C18H15N5O4Se/c1-2-27-17(25)12-8-10-14(11-9-12)23-18(20-22-26)28-16(21-23)15(24)19-13-6-4-3-5-7-13/h3-11H,2H2,1H3,(H,19,24)/b20-18-. The van der Waals surface area contributed by atoms with E-state index in [9.17, 15) is 14.5 Å². The summed E-state index contributed by atoms with van der Waals surface area (Å²) in [6, 6.07) is 15.4. The van der Waals surface area contributed by atoms with Crippen molar-refractivity contribution in [3.05, 3.63) is 74.0 Å². The van der Waals surface area contributed by atoms with Crippen molar-refractivity contribution >= 4 is 32.1 Å². The monoisotopic (exact) mass is 445 g/mol. The Balaban J connectivity index is 1.91. The number of hydrogen-bond donors (Lipinski definition) is 1. The van der Waals surface area contributed by atoms with Gasteiger partial charge in [0.2, 0.25) is 0 Å². The van der Waals surface area contributed by atoms with Crippen LogP contribution in [0, 0.1) is 4.91 Å². The first-order valence-electron chi connectivity index (χ1n) is 8.23. The Morgan fingerprint density at radius 3 is 2.50 bits per heavy atom. The van der Waals surface area contributed by atoms with Gasteiger partial charge in [-0.15, -0.1) is 0 Å². The van der Waals surface area contributed by atoms with Crippen molar-refractivity contribution in [2.45, 2.75) is 6.92 Å². The Morgan fingerprint density at radius 2 is 1.86 bits per heavy atom. The van der Waals surface area contributed by atoms with Gasteiger partial charge in [0, 0.05) is 0 Å². The second-order valence-corrected chi connectivity index (χ2v) is 7.38. The molecule has 3 rings (SSSR count). The van der Waals surface area contributed by atoms with Gasteiger partial charge in [-0.1, -0.05) is 0 Å². The molecule has 2 aromatic carbocycles. The quantitative estimate of drug-likeness (QED) is 0.270. The SMILES string of the molecule is CCOC(=O)c1ccc(-n2nc(C(=O)Nc3ccccc3)[se]/c2=N\N=O)cc1. The van der Waals surface area contributed by atoms with Gasteiger partial charge in [-0.25, -0.2) is 0 Å². The number of nitrogens with zero attached hydrogens (tertiary/aromatic N) is 4. The molecule has 0 aliphatic carbocycles. The molecule has 9 nitrogen and oxygen atoms in total. The molecule has 1 heterocycles. The molecule has 1 amide bonds. The number of carbonyl (C=O) groups is 2. The molecule has 0 fully saturated rings. The number of rotatable bonds is 6. The first-order valence-corrected chi connectivity index (χ1v) is 9.94. The number of aromatic nitrogens is 2. The molecule has 0 unspecified atom stereocenters. The Labute approximate surface area is 165 Å². The Kier molecular flexibility index (Phi) is 6.25. The predicted octanol–water partition coefficient (Wildman–Crippen LogP) is 1.94. The molecule has 28 heavy (non-hydrogen) atoms. The van der Waals surface area contributed by atoms with Crippen molar-refractivity contribution in [3.63, 3.8) is 0 Å². The summed E-state index contributed by atoms with van der Waals surface area (Å²) in [6.07, 6.45) is 0. The molecule has 0 bridgehead atoms. The molecular weight excluding hydrogens is 429 g/mol. The zero-order valence-electron chi connectivity index (χ0n) is 14.7. The Hall–Kier alpha value is -3.36. The summed E-state index contributed by atoms with van der Waals surface area (Å²) in [6.45, 7) is 2.01. The van der Waals surface area contributed by atoms with Crippen LogP contribution in [-0.2, 0) is 4.74 Å².